The molecule has 1 aliphatic heterocycles. The van der Waals surface area contributed by atoms with E-state index in [4.69, 9.17) is 10.5 Å². The van der Waals surface area contributed by atoms with Crippen molar-refractivity contribution in [3.05, 3.63) is 0 Å². The van der Waals surface area contributed by atoms with E-state index < -0.39 is 5.60 Å². The summed E-state index contributed by atoms with van der Waals surface area (Å²) < 4.78 is 5.86. The van der Waals surface area contributed by atoms with Crippen molar-refractivity contribution in [1.82, 2.24) is 0 Å². The highest BCUT2D eigenvalue weighted by atomic mass is 16.5. The summed E-state index contributed by atoms with van der Waals surface area (Å²) in [7, 11) is 0. The second-order valence-electron chi connectivity index (χ2n) is 5.24. The van der Waals surface area contributed by atoms with Gasteiger partial charge < -0.3 is 15.6 Å². The molecular formula is C12H23NO2. The highest BCUT2D eigenvalue weighted by molar-refractivity contribution is 4.99. The van der Waals surface area contributed by atoms with Crippen LogP contribution >= 0.6 is 0 Å². The van der Waals surface area contributed by atoms with Gasteiger partial charge in [0.15, 0.2) is 0 Å². The first-order chi connectivity index (χ1) is 7.14. The van der Waals surface area contributed by atoms with Gasteiger partial charge in [-0.15, -0.1) is 0 Å². The van der Waals surface area contributed by atoms with Crippen LogP contribution in [0.25, 0.3) is 0 Å². The van der Waals surface area contributed by atoms with Gasteiger partial charge in [-0.3, -0.25) is 0 Å². The van der Waals surface area contributed by atoms with E-state index in [1.165, 1.54) is 19.3 Å². The summed E-state index contributed by atoms with van der Waals surface area (Å²) in [6, 6.07) is 0. The van der Waals surface area contributed by atoms with Crippen LogP contribution in [-0.4, -0.2) is 29.5 Å². The zero-order chi connectivity index (χ0) is 10.9. The molecule has 0 amide bonds. The summed E-state index contributed by atoms with van der Waals surface area (Å²) >= 11 is 0. The third-order valence-electron chi connectivity index (χ3n) is 4.48. The Morgan fingerprint density at radius 3 is 2.73 bits per heavy atom. The topological polar surface area (TPSA) is 55.5 Å². The predicted molar refractivity (Wildman–Crippen MR) is 59.6 cm³/mol. The smallest absolute Gasteiger partial charge is 0.0796 e. The van der Waals surface area contributed by atoms with Crippen molar-refractivity contribution in [2.45, 2.75) is 56.7 Å². The van der Waals surface area contributed by atoms with Crippen LogP contribution in [0.3, 0.4) is 0 Å². The molecule has 1 heterocycles. The lowest BCUT2D eigenvalue weighted by Crippen LogP contribution is -2.54. The molecule has 2 aliphatic rings. The van der Waals surface area contributed by atoms with Crippen LogP contribution in [0.15, 0.2) is 0 Å². The van der Waals surface area contributed by atoms with Crippen LogP contribution in [-0.2, 0) is 4.74 Å². The number of nitrogens with two attached hydrogens (primary N) is 1. The van der Waals surface area contributed by atoms with Crippen LogP contribution in [0, 0.1) is 5.92 Å². The highest BCUT2D eigenvalue weighted by Gasteiger charge is 2.47. The van der Waals surface area contributed by atoms with E-state index in [9.17, 15) is 5.11 Å². The maximum absolute atomic E-state index is 10.4. The molecule has 2 fully saturated rings. The average molecular weight is 213 g/mol. The summed E-state index contributed by atoms with van der Waals surface area (Å²) in [5.74, 6) is 0.335. The molecule has 2 rings (SSSR count). The van der Waals surface area contributed by atoms with Crippen molar-refractivity contribution >= 4 is 0 Å². The molecule has 0 aromatic carbocycles. The first-order valence-electron chi connectivity index (χ1n) is 6.20. The number of rotatable bonds is 3. The fourth-order valence-electron chi connectivity index (χ4n) is 3.01. The van der Waals surface area contributed by atoms with Gasteiger partial charge in [0, 0.05) is 13.2 Å². The quantitative estimate of drug-likeness (QED) is 0.746. The second kappa shape index (κ2) is 4.04. The molecule has 0 radical (unpaired) electrons. The molecule has 3 heteroatoms. The molecule has 1 saturated carbocycles. The van der Waals surface area contributed by atoms with Crippen molar-refractivity contribution in [2.75, 3.05) is 13.2 Å². The molecule has 1 spiro atoms. The maximum atomic E-state index is 10.4. The molecule has 88 valence electrons. The number of hydrogen-bond acceptors (Lipinski definition) is 3. The third kappa shape index (κ3) is 1.93. The number of aliphatic hydroxyl groups is 1. The molecule has 1 saturated heterocycles. The fourth-order valence-corrected chi connectivity index (χ4v) is 3.01. The lowest BCUT2D eigenvalue weighted by molar-refractivity contribution is -0.174. The third-order valence-corrected chi connectivity index (χ3v) is 4.48. The Kier molecular flexibility index (Phi) is 3.06. The van der Waals surface area contributed by atoms with Crippen molar-refractivity contribution in [3.63, 3.8) is 0 Å². The van der Waals surface area contributed by atoms with Crippen LogP contribution in [0.5, 0.6) is 0 Å². The van der Waals surface area contributed by atoms with Crippen molar-refractivity contribution in [1.29, 1.82) is 0 Å². The molecular weight excluding hydrogens is 190 g/mol. The molecule has 2 unspecified atom stereocenters. The largest absolute Gasteiger partial charge is 0.388 e. The highest BCUT2D eigenvalue weighted by Crippen LogP contribution is 2.47. The average Bonchev–Trinajstić information content (AvgIpc) is 2.26. The van der Waals surface area contributed by atoms with E-state index in [0.29, 0.717) is 12.5 Å². The van der Waals surface area contributed by atoms with Crippen LogP contribution in [0.4, 0.5) is 0 Å². The zero-order valence-electron chi connectivity index (χ0n) is 9.67. The first kappa shape index (κ1) is 11.4. The van der Waals surface area contributed by atoms with Gasteiger partial charge in [0.05, 0.1) is 11.2 Å². The molecule has 1 aliphatic carbocycles. The van der Waals surface area contributed by atoms with E-state index in [-0.39, 0.29) is 5.60 Å². The minimum absolute atomic E-state index is 0.112. The van der Waals surface area contributed by atoms with E-state index in [1.54, 1.807) is 0 Å². The van der Waals surface area contributed by atoms with Crippen molar-refractivity contribution in [2.24, 2.45) is 11.7 Å². The van der Waals surface area contributed by atoms with E-state index in [1.807, 2.05) is 6.92 Å². The van der Waals surface area contributed by atoms with E-state index in [2.05, 4.69) is 0 Å². The molecule has 3 nitrogen and oxygen atoms in total. The molecule has 0 bridgehead atoms. The number of ether oxygens (including phenoxy) is 1. The van der Waals surface area contributed by atoms with Gasteiger partial charge in [0.1, 0.15) is 0 Å². The SMILES string of the molecule is CCC(O)(CN)C1CCOC2(CCC2)C1. The van der Waals surface area contributed by atoms with Gasteiger partial charge in [-0.1, -0.05) is 6.92 Å². The Morgan fingerprint density at radius 1 is 1.53 bits per heavy atom. The monoisotopic (exact) mass is 213 g/mol. The van der Waals surface area contributed by atoms with Crippen LogP contribution in [0.2, 0.25) is 0 Å². The molecule has 0 aromatic heterocycles. The molecule has 0 aromatic rings. The lowest BCUT2D eigenvalue weighted by Gasteiger charge is -2.50. The predicted octanol–water partition coefficient (Wildman–Crippen LogP) is 1.44. The zero-order valence-corrected chi connectivity index (χ0v) is 9.67. The van der Waals surface area contributed by atoms with E-state index >= 15 is 0 Å². The number of hydrogen-bond donors (Lipinski definition) is 2. The summed E-state index contributed by atoms with van der Waals surface area (Å²) in [4.78, 5) is 0. The van der Waals surface area contributed by atoms with Crippen molar-refractivity contribution < 1.29 is 9.84 Å². The van der Waals surface area contributed by atoms with Gasteiger partial charge in [-0.05, 0) is 44.4 Å². The Hall–Kier alpha value is -0.120. The molecule has 15 heavy (non-hydrogen) atoms. The first-order valence-corrected chi connectivity index (χ1v) is 6.20. The summed E-state index contributed by atoms with van der Waals surface area (Å²) in [5.41, 5.74) is 5.16. The van der Waals surface area contributed by atoms with Gasteiger partial charge in [-0.2, -0.15) is 0 Å². The molecule has 3 N–H and O–H groups in total. The van der Waals surface area contributed by atoms with Gasteiger partial charge in [0.2, 0.25) is 0 Å². The van der Waals surface area contributed by atoms with E-state index in [0.717, 1.165) is 25.9 Å². The Labute approximate surface area is 92.0 Å². The standard InChI is InChI=1S/C12H23NO2/c1-2-12(14,9-13)10-4-7-15-11(8-10)5-3-6-11/h10,14H,2-9,13H2,1H3. The van der Waals surface area contributed by atoms with Gasteiger partial charge in [-0.25, -0.2) is 0 Å². The Balaban J connectivity index is 2.03. The van der Waals surface area contributed by atoms with Crippen LogP contribution < -0.4 is 5.73 Å². The minimum atomic E-state index is -0.660. The van der Waals surface area contributed by atoms with Gasteiger partial charge >= 0.3 is 0 Å². The summed E-state index contributed by atoms with van der Waals surface area (Å²) in [5, 5.41) is 10.4. The van der Waals surface area contributed by atoms with Gasteiger partial charge in [0.25, 0.3) is 0 Å². The Morgan fingerprint density at radius 2 is 2.27 bits per heavy atom. The maximum Gasteiger partial charge on any atom is 0.0796 e. The normalized spacial score (nSPS) is 33.4. The van der Waals surface area contributed by atoms with Crippen molar-refractivity contribution in [3.8, 4) is 0 Å². The minimum Gasteiger partial charge on any atom is -0.388 e. The molecule has 2 atom stereocenters. The van der Waals surface area contributed by atoms with Crippen LogP contribution in [0.1, 0.15) is 45.4 Å². The fraction of sp³-hybridized carbons (Fsp3) is 1.00. The Bertz CT molecular complexity index is 222. The lowest BCUT2D eigenvalue weighted by atomic mass is 9.67. The summed E-state index contributed by atoms with van der Waals surface area (Å²) in [6.45, 7) is 3.20. The second-order valence-corrected chi connectivity index (χ2v) is 5.24. The summed E-state index contributed by atoms with van der Waals surface area (Å²) in [6.07, 6.45) is 6.35.